The maximum absolute atomic E-state index is 14.5. The Morgan fingerprint density at radius 1 is 1.07 bits per heavy atom. The summed E-state index contributed by atoms with van der Waals surface area (Å²) in [6.45, 7) is 4.07. The number of fused-ring (bicyclic) bond motifs is 5. The third-order valence-corrected chi connectivity index (χ3v) is 10.3. The van der Waals surface area contributed by atoms with Gasteiger partial charge >= 0.3 is 0 Å². The van der Waals surface area contributed by atoms with Crippen LogP contribution in [0, 0.1) is 5.92 Å². The molecule has 1 aliphatic rings. The predicted octanol–water partition coefficient (Wildman–Crippen LogP) is 4.53. The minimum absolute atomic E-state index is 0.0507. The van der Waals surface area contributed by atoms with E-state index in [9.17, 15) is 18.3 Å². The van der Waals surface area contributed by atoms with E-state index < -0.39 is 22.2 Å². The van der Waals surface area contributed by atoms with Crippen LogP contribution in [-0.4, -0.2) is 79.2 Å². The Hall–Kier alpha value is -3.70. The van der Waals surface area contributed by atoms with Gasteiger partial charge in [-0.3, -0.25) is 4.79 Å². The van der Waals surface area contributed by atoms with Crippen molar-refractivity contribution in [3.63, 3.8) is 0 Å². The number of carbonyl (C=O) groups excluding carboxylic acids is 1. The summed E-state index contributed by atoms with van der Waals surface area (Å²) in [5.74, 6) is -0.220. The third-order valence-electron chi connectivity index (χ3n) is 8.42. The highest BCUT2D eigenvalue weighted by Crippen LogP contribution is 2.38. The van der Waals surface area contributed by atoms with Crippen LogP contribution in [0.15, 0.2) is 77.7 Å². The summed E-state index contributed by atoms with van der Waals surface area (Å²) < 4.78 is 42.4. The van der Waals surface area contributed by atoms with Gasteiger partial charge in [0.1, 0.15) is 16.3 Å². The number of likely N-dealkylation sites (N-methyl/N-ethyl adjacent to an activating group) is 1. The molecule has 0 unspecified atom stereocenters. The van der Waals surface area contributed by atoms with Gasteiger partial charge in [0.15, 0.2) is 0 Å². The highest BCUT2D eigenvalue weighted by molar-refractivity contribution is 7.89. The zero-order valence-electron chi connectivity index (χ0n) is 25.2. The number of nitrogens with zero attached hydrogens (tertiary/aromatic N) is 3. The maximum Gasteiger partial charge on any atom is 0.271 e. The second-order valence-corrected chi connectivity index (χ2v) is 13.2. The number of aromatic nitrogens is 1. The van der Waals surface area contributed by atoms with Crippen molar-refractivity contribution in [3.05, 3.63) is 84.1 Å². The number of ether oxygens (including phenoxy) is 2. The first kappa shape index (κ1) is 30.7. The fourth-order valence-corrected chi connectivity index (χ4v) is 7.21. The van der Waals surface area contributed by atoms with Crippen LogP contribution in [0.25, 0.3) is 22.0 Å². The van der Waals surface area contributed by atoms with Crippen LogP contribution in [0.5, 0.6) is 5.75 Å². The smallest absolute Gasteiger partial charge is 0.271 e. The van der Waals surface area contributed by atoms with Crippen molar-refractivity contribution < 1.29 is 27.8 Å². The van der Waals surface area contributed by atoms with Gasteiger partial charge in [-0.15, -0.1) is 0 Å². The summed E-state index contributed by atoms with van der Waals surface area (Å²) in [6, 6.07) is 21.8. The highest BCUT2D eigenvalue weighted by atomic mass is 32.2. The van der Waals surface area contributed by atoms with E-state index in [2.05, 4.69) is 0 Å². The van der Waals surface area contributed by atoms with Crippen LogP contribution in [0.1, 0.15) is 29.9 Å². The lowest BCUT2D eigenvalue weighted by molar-refractivity contribution is -0.0147. The Bertz CT molecular complexity index is 1730. The fraction of sp³-hybridized carbons (Fsp3) is 0.364. The van der Waals surface area contributed by atoms with Crippen molar-refractivity contribution in [2.75, 3.05) is 33.9 Å². The lowest BCUT2D eigenvalue weighted by Gasteiger charge is -2.35. The summed E-state index contributed by atoms with van der Waals surface area (Å²) in [6.07, 6.45) is -0.568. The van der Waals surface area contributed by atoms with E-state index in [1.54, 1.807) is 23.1 Å². The van der Waals surface area contributed by atoms with Gasteiger partial charge in [-0.25, -0.2) is 8.42 Å². The molecule has 0 spiro atoms. The van der Waals surface area contributed by atoms with Gasteiger partial charge in [-0.1, -0.05) is 61.5 Å². The Morgan fingerprint density at radius 3 is 2.49 bits per heavy atom. The molecule has 1 aliphatic heterocycles. The molecule has 4 aromatic rings. The first-order chi connectivity index (χ1) is 20.6. The van der Waals surface area contributed by atoms with Crippen LogP contribution in [0.4, 0.5) is 0 Å². The molecule has 0 radical (unpaired) electrons. The van der Waals surface area contributed by atoms with Crippen LogP contribution in [0.3, 0.4) is 0 Å². The minimum atomic E-state index is -3.92. The summed E-state index contributed by atoms with van der Waals surface area (Å²) in [5, 5.41) is 11.2. The van der Waals surface area contributed by atoms with E-state index in [1.165, 1.54) is 24.5 Å². The van der Waals surface area contributed by atoms with Crippen molar-refractivity contribution in [2.24, 2.45) is 13.0 Å². The number of aliphatic hydroxyl groups is 1. The number of hydrogen-bond acceptors (Lipinski definition) is 6. The quantitative estimate of drug-likeness (QED) is 0.332. The number of sulfonamides is 1. The summed E-state index contributed by atoms with van der Waals surface area (Å²) in [4.78, 5) is 16.2. The van der Waals surface area contributed by atoms with Gasteiger partial charge in [0.25, 0.3) is 5.91 Å². The Morgan fingerprint density at radius 2 is 1.74 bits per heavy atom. The van der Waals surface area contributed by atoms with Crippen LogP contribution in [0.2, 0.25) is 0 Å². The molecule has 0 fully saturated rings. The zero-order chi connectivity index (χ0) is 30.9. The third kappa shape index (κ3) is 5.68. The zero-order valence-corrected chi connectivity index (χ0v) is 26.0. The summed E-state index contributed by atoms with van der Waals surface area (Å²) >= 11 is 0. The molecular formula is C33H39N3O6S. The molecule has 2 heterocycles. The van der Waals surface area contributed by atoms with Gasteiger partial charge in [0.2, 0.25) is 10.0 Å². The molecule has 43 heavy (non-hydrogen) atoms. The van der Waals surface area contributed by atoms with E-state index >= 15 is 0 Å². The number of hydrogen-bond donors (Lipinski definition) is 1. The van der Waals surface area contributed by atoms with Crippen LogP contribution < -0.4 is 4.74 Å². The number of aliphatic hydroxyl groups excluding tert-OH is 1. The fourth-order valence-electron chi connectivity index (χ4n) is 5.88. The first-order valence-electron chi connectivity index (χ1n) is 14.4. The SMILES string of the molecule is COc1ccccc1S(=O)(=O)N(C)C[C@H]1OCc2ccccc2-c2c(n(C)c3ccccc23)C(=O)N([C@@H](C)CO)C[C@H]1C. The van der Waals surface area contributed by atoms with Crippen molar-refractivity contribution in [1.29, 1.82) is 0 Å². The van der Waals surface area contributed by atoms with Gasteiger partial charge in [0.05, 0.1) is 32.5 Å². The lowest BCUT2D eigenvalue weighted by Crippen LogP contribution is -2.48. The van der Waals surface area contributed by atoms with Crippen LogP contribution in [-0.2, 0) is 28.4 Å². The average Bonchev–Trinajstić information content (AvgIpc) is 3.31. The molecule has 1 amide bonds. The minimum Gasteiger partial charge on any atom is -0.495 e. The van der Waals surface area contributed by atoms with E-state index in [4.69, 9.17) is 9.47 Å². The van der Waals surface area contributed by atoms with Gasteiger partial charge in [-0.05, 0) is 36.2 Å². The van der Waals surface area contributed by atoms with E-state index in [0.717, 1.165) is 27.6 Å². The Balaban J connectivity index is 1.60. The van der Waals surface area contributed by atoms with Crippen molar-refractivity contribution in [1.82, 2.24) is 13.8 Å². The van der Waals surface area contributed by atoms with E-state index in [-0.39, 0.29) is 48.8 Å². The molecule has 1 aromatic heterocycles. The summed E-state index contributed by atoms with van der Waals surface area (Å²) in [7, 11) is 0.944. The molecule has 10 heteroatoms. The number of aryl methyl sites for hydroxylation is 1. The number of methoxy groups -OCH3 is 1. The van der Waals surface area contributed by atoms with E-state index in [0.29, 0.717) is 5.69 Å². The maximum atomic E-state index is 14.5. The number of benzene rings is 3. The number of rotatable bonds is 7. The molecule has 0 saturated heterocycles. The van der Waals surface area contributed by atoms with Crippen molar-refractivity contribution in [2.45, 2.75) is 37.5 Å². The summed E-state index contributed by atoms with van der Waals surface area (Å²) in [5.41, 5.74) is 4.06. The van der Waals surface area contributed by atoms with Gasteiger partial charge in [-0.2, -0.15) is 4.31 Å². The van der Waals surface area contributed by atoms with E-state index in [1.807, 2.05) is 74.0 Å². The first-order valence-corrected chi connectivity index (χ1v) is 15.8. The highest BCUT2D eigenvalue weighted by Gasteiger charge is 2.35. The molecule has 228 valence electrons. The topological polar surface area (TPSA) is 101 Å². The standard InChI is InChI=1S/C33H39N3O6S/c1-22-18-36(23(2)20-37)33(38)32-31(26-14-8-9-15-27(26)35(32)4)25-13-7-6-12-24(25)21-42-29(22)19-34(3)43(39,40)30-17-11-10-16-28(30)41-5/h6-17,22-23,29,37H,18-21H2,1-5H3/t22-,23+,29-/m1/s1. The van der Waals surface area contributed by atoms with Gasteiger partial charge < -0.3 is 24.0 Å². The second kappa shape index (κ2) is 12.5. The molecule has 3 aromatic carbocycles. The average molecular weight is 606 g/mol. The van der Waals surface area contributed by atoms with Crippen molar-refractivity contribution in [3.8, 4) is 16.9 Å². The molecule has 0 aliphatic carbocycles. The molecule has 0 saturated carbocycles. The second-order valence-electron chi connectivity index (χ2n) is 11.2. The Kier molecular flexibility index (Phi) is 8.94. The number of para-hydroxylation sites is 2. The van der Waals surface area contributed by atoms with Crippen molar-refractivity contribution >= 4 is 26.8 Å². The molecule has 5 rings (SSSR count). The molecule has 9 nitrogen and oxygen atoms in total. The number of amides is 1. The normalized spacial score (nSPS) is 18.7. The predicted molar refractivity (Wildman–Crippen MR) is 166 cm³/mol. The largest absolute Gasteiger partial charge is 0.495 e. The monoisotopic (exact) mass is 605 g/mol. The lowest BCUT2D eigenvalue weighted by atomic mass is 9.96. The molecule has 1 N–H and O–H groups in total. The molecular weight excluding hydrogens is 566 g/mol. The van der Waals surface area contributed by atoms with Gasteiger partial charge in [0, 0.05) is 49.6 Å². The Labute approximate surface area is 253 Å². The van der Waals surface area contributed by atoms with Crippen LogP contribution >= 0.6 is 0 Å². The number of carbonyl (C=O) groups is 1. The molecule has 0 bridgehead atoms. The molecule has 3 atom stereocenters.